The Kier molecular flexibility index (Phi) is 6.19. The first-order valence-corrected chi connectivity index (χ1v) is 14.1. The topological polar surface area (TPSA) is 97.7 Å². The SMILES string of the molecule is CN1CCC(CN(C)C(=O)N2CCn3cc(-c4[nH][nH]c(=O)c4-c4cnc5ccccn45)c4cc(F)cc(c43)C2)CC1. The van der Waals surface area contributed by atoms with Gasteiger partial charge in [0.1, 0.15) is 11.5 Å². The largest absolute Gasteiger partial charge is 0.345 e. The second kappa shape index (κ2) is 9.91. The summed E-state index contributed by atoms with van der Waals surface area (Å²) in [5.74, 6) is 0.115. The number of hydrogen-bond donors (Lipinski definition) is 2. The van der Waals surface area contributed by atoms with E-state index < -0.39 is 0 Å². The van der Waals surface area contributed by atoms with Crippen molar-refractivity contribution in [2.45, 2.75) is 25.9 Å². The number of fused-ring (bicyclic) bond motifs is 1. The first-order chi connectivity index (χ1) is 19.9. The highest BCUT2D eigenvalue weighted by atomic mass is 19.1. The van der Waals surface area contributed by atoms with Crippen LogP contribution in [0.3, 0.4) is 0 Å². The number of pyridine rings is 1. The summed E-state index contributed by atoms with van der Waals surface area (Å²) in [4.78, 5) is 37.0. The average molecular weight is 557 g/mol. The maximum absolute atomic E-state index is 15.1. The zero-order chi connectivity index (χ0) is 28.2. The highest BCUT2D eigenvalue weighted by Crippen LogP contribution is 2.37. The molecule has 7 rings (SSSR count). The maximum Gasteiger partial charge on any atom is 0.320 e. The third kappa shape index (κ3) is 4.40. The van der Waals surface area contributed by atoms with Crippen molar-refractivity contribution < 1.29 is 9.18 Å². The molecule has 10 nitrogen and oxygen atoms in total. The molecule has 1 aromatic carbocycles. The molecule has 2 aliphatic heterocycles. The Bertz CT molecular complexity index is 1820. The molecule has 2 aliphatic rings. The van der Waals surface area contributed by atoms with Gasteiger partial charge in [0.25, 0.3) is 5.56 Å². The third-order valence-electron chi connectivity index (χ3n) is 8.68. The van der Waals surface area contributed by atoms with Gasteiger partial charge in [-0.15, -0.1) is 0 Å². The lowest BCUT2D eigenvalue weighted by atomic mass is 9.97. The van der Waals surface area contributed by atoms with Gasteiger partial charge in [-0.05, 0) is 68.7 Å². The second-order valence-corrected chi connectivity index (χ2v) is 11.4. The van der Waals surface area contributed by atoms with Crippen molar-refractivity contribution in [3.05, 3.63) is 70.7 Å². The van der Waals surface area contributed by atoms with Crippen molar-refractivity contribution in [3.63, 3.8) is 0 Å². The lowest BCUT2D eigenvalue weighted by Crippen LogP contribution is -2.44. The van der Waals surface area contributed by atoms with Gasteiger partial charge in [0.2, 0.25) is 0 Å². The third-order valence-corrected chi connectivity index (χ3v) is 8.68. The number of nitrogens with one attached hydrogen (secondary N) is 2. The molecular formula is C30H33FN8O2. The quantitative estimate of drug-likeness (QED) is 0.350. The number of aromatic amines is 2. The predicted octanol–water partition coefficient (Wildman–Crippen LogP) is 3.99. The van der Waals surface area contributed by atoms with E-state index >= 15 is 4.39 Å². The Morgan fingerprint density at radius 2 is 1.98 bits per heavy atom. The van der Waals surface area contributed by atoms with Crippen LogP contribution in [0.25, 0.3) is 39.1 Å². The van der Waals surface area contributed by atoms with Crippen LogP contribution in [0.4, 0.5) is 9.18 Å². The molecule has 1 fully saturated rings. The normalized spacial score (nSPS) is 16.5. The Morgan fingerprint density at radius 3 is 2.80 bits per heavy atom. The summed E-state index contributed by atoms with van der Waals surface area (Å²) in [6.07, 6.45) is 7.67. The molecule has 0 radical (unpaired) electrons. The maximum atomic E-state index is 15.1. The van der Waals surface area contributed by atoms with E-state index in [1.54, 1.807) is 6.20 Å². The lowest BCUT2D eigenvalue weighted by Gasteiger charge is -2.33. The molecule has 0 atom stereocenters. The lowest BCUT2D eigenvalue weighted by molar-refractivity contribution is 0.138. The molecule has 41 heavy (non-hydrogen) atoms. The van der Waals surface area contributed by atoms with Crippen molar-refractivity contribution in [2.75, 3.05) is 40.3 Å². The minimum Gasteiger partial charge on any atom is -0.345 e. The first kappa shape index (κ1) is 25.6. The van der Waals surface area contributed by atoms with Gasteiger partial charge >= 0.3 is 6.03 Å². The number of aromatic nitrogens is 5. The number of piperidine rings is 1. The van der Waals surface area contributed by atoms with Crippen LogP contribution in [0.15, 0.2) is 53.7 Å². The van der Waals surface area contributed by atoms with Gasteiger partial charge in [0, 0.05) is 56.6 Å². The molecule has 0 bridgehead atoms. The molecule has 2 amide bonds. The molecule has 212 valence electrons. The van der Waals surface area contributed by atoms with Gasteiger partial charge < -0.3 is 19.3 Å². The number of H-pyrrole nitrogens is 2. The number of benzene rings is 1. The van der Waals surface area contributed by atoms with Gasteiger partial charge in [-0.3, -0.25) is 19.4 Å². The van der Waals surface area contributed by atoms with Crippen LogP contribution >= 0.6 is 0 Å². The van der Waals surface area contributed by atoms with Gasteiger partial charge in [-0.25, -0.2) is 14.2 Å². The zero-order valence-corrected chi connectivity index (χ0v) is 23.2. The van der Waals surface area contributed by atoms with Crippen molar-refractivity contribution in [3.8, 4) is 22.5 Å². The number of likely N-dealkylation sites (tertiary alicyclic amines) is 1. The molecule has 2 N–H and O–H groups in total. The van der Waals surface area contributed by atoms with Crippen LogP contribution in [-0.4, -0.2) is 85.2 Å². The van der Waals surface area contributed by atoms with E-state index in [1.807, 2.05) is 51.8 Å². The molecule has 4 aromatic heterocycles. The van der Waals surface area contributed by atoms with E-state index in [0.29, 0.717) is 47.9 Å². The van der Waals surface area contributed by atoms with Gasteiger partial charge in [-0.1, -0.05) is 6.07 Å². The molecular weight excluding hydrogens is 523 g/mol. The van der Waals surface area contributed by atoms with Crippen molar-refractivity contribution in [1.82, 2.24) is 38.8 Å². The van der Waals surface area contributed by atoms with Crippen molar-refractivity contribution in [1.29, 1.82) is 0 Å². The number of rotatable bonds is 4. The monoisotopic (exact) mass is 556 g/mol. The summed E-state index contributed by atoms with van der Waals surface area (Å²) in [5, 5.41) is 6.46. The van der Waals surface area contributed by atoms with Crippen LogP contribution in [-0.2, 0) is 13.1 Å². The highest BCUT2D eigenvalue weighted by molar-refractivity contribution is 6.00. The molecule has 0 aliphatic carbocycles. The fourth-order valence-corrected chi connectivity index (χ4v) is 6.54. The molecule has 0 spiro atoms. The van der Waals surface area contributed by atoms with Gasteiger partial charge in [0.15, 0.2) is 0 Å². The highest BCUT2D eigenvalue weighted by Gasteiger charge is 2.28. The Hall–Kier alpha value is -4.38. The Morgan fingerprint density at radius 1 is 1.15 bits per heavy atom. The fraction of sp³-hybridized carbons (Fsp3) is 0.367. The number of hydrogen-bond acceptors (Lipinski definition) is 4. The summed E-state index contributed by atoms with van der Waals surface area (Å²) >= 11 is 0. The summed E-state index contributed by atoms with van der Waals surface area (Å²) in [7, 11) is 4.01. The van der Waals surface area contributed by atoms with Crippen molar-refractivity contribution >= 4 is 22.6 Å². The minimum atomic E-state index is -0.380. The standard InChI is InChI=1S/C30H33FN8O2/c1-35-9-6-19(7-10-35)16-36(2)30(41)38-12-11-37-18-23(22-14-21(31)13-20(17-38)28(22)37)27-26(29(40)34-33-27)24-15-32-25-5-3-4-8-39(24)25/h3-5,8,13-15,18-19H,6-7,9-12,16-17H2,1-2H3,(H2,33,34,40). The number of carbonyl (C=O) groups is 1. The summed E-state index contributed by atoms with van der Waals surface area (Å²) in [6, 6.07) is 8.66. The van der Waals surface area contributed by atoms with E-state index in [9.17, 15) is 9.59 Å². The molecule has 6 heterocycles. The van der Waals surface area contributed by atoms with Crippen LogP contribution in [0.2, 0.25) is 0 Å². The smallest absolute Gasteiger partial charge is 0.320 e. The van der Waals surface area contributed by atoms with Crippen LogP contribution < -0.4 is 5.56 Å². The number of imidazole rings is 1. The molecule has 0 unspecified atom stereocenters. The summed E-state index contributed by atoms with van der Waals surface area (Å²) in [5.41, 5.74) is 4.46. The average Bonchev–Trinajstić information content (AvgIpc) is 3.62. The molecule has 1 saturated heterocycles. The van der Waals surface area contributed by atoms with Crippen LogP contribution in [0, 0.1) is 11.7 Å². The minimum absolute atomic E-state index is 0.0304. The molecule has 0 saturated carbocycles. The first-order valence-electron chi connectivity index (χ1n) is 14.1. The van der Waals surface area contributed by atoms with Gasteiger partial charge in [-0.2, -0.15) is 0 Å². The number of nitrogens with zero attached hydrogens (tertiary/aromatic N) is 6. The number of halogens is 1. The number of carbonyl (C=O) groups excluding carboxylic acids is 1. The molecule has 5 aromatic rings. The van der Waals surface area contributed by atoms with Crippen molar-refractivity contribution in [2.24, 2.45) is 5.92 Å². The van der Waals surface area contributed by atoms with E-state index in [4.69, 9.17) is 0 Å². The van der Waals surface area contributed by atoms with E-state index in [-0.39, 0.29) is 17.4 Å². The van der Waals surface area contributed by atoms with Crippen LogP contribution in [0.5, 0.6) is 0 Å². The zero-order valence-electron chi connectivity index (χ0n) is 23.2. The number of amides is 2. The summed E-state index contributed by atoms with van der Waals surface area (Å²) < 4.78 is 19.1. The summed E-state index contributed by atoms with van der Waals surface area (Å²) in [6.45, 7) is 4.22. The molecule has 11 heteroatoms. The predicted molar refractivity (Wildman–Crippen MR) is 155 cm³/mol. The Labute approximate surface area is 236 Å². The van der Waals surface area contributed by atoms with E-state index in [2.05, 4.69) is 31.7 Å². The number of urea groups is 1. The van der Waals surface area contributed by atoms with Crippen LogP contribution in [0.1, 0.15) is 18.4 Å². The van der Waals surface area contributed by atoms with E-state index in [1.165, 1.54) is 12.1 Å². The Balaban J connectivity index is 1.23. The van der Waals surface area contributed by atoms with E-state index in [0.717, 1.165) is 54.8 Å². The second-order valence-electron chi connectivity index (χ2n) is 11.4. The van der Waals surface area contributed by atoms with Gasteiger partial charge in [0.05, 0.1) is 28.7 Å². The fourth-order valence-electron chi connectivity index (χ4n) is 6.54.